The molecule has 0 aromatic carbocycles. The fourth-order valence-electron chi connectivity index (χ4n) is 2.58. The van der Waals surface area contributed by atoms with Gasteiger partial charge in [0, 0.05) is 0 Å². The van der Waals surface area contributed by atoms with E-state index in [0.717, 1.165) is 0 Å². The van der Waals surface area contributed by atoms with Gasteiger partial charge in [-0.3, -0.25) is 0 Å². The second-order valence-corrected chi connectivity index (χ2v) is 5.05. The summed E-state index contributed by atoms with van der Waals surface area (Å²) in [5, 5.41) is 0. The molecule has 11 heavy (non-hydrogen) atoms. The van der Waals surface area contributed by atoms with Crippen molar-refractivity contribution < 1.29 is 0 Å². The molecular formula is C11H22. The number of hydrogen-bond acceptors (Lipinski definition) is 0. The minimum Gasteiger partial charge on any atom is -0.0654 e. The van der Waals surface area contributed by atoms with E-state index in [-0.39, 0.29) is 0 Å². The third-order valence-corrected chi connectivity index (χ3v) is 3.97. The molecule has 0 saturated heterocycles. The summed E-state index contributed by atoms with van der Waals surface area (Å²) in [4.78, 5) is 0. The Balaban J connectivity index is 2.68. The smallest absolute Gasteiger partial charge is 0.0275 e. The average Bonchev–Trinajstić information content (AvgIpc) is 2.09. The summed E-state index contributed by atoms with van der Waals surface area (Å²) in [6, 6.07) is 0. The second kappa shape index (κ2) is 2.80. The molecule has 0 aliphatic heterocycles. The molecule has 0 spiro atoms. The highest BCUT2D eigenvalue weighted by Gasteiger charge is 2.43. The first-order chi connectivity index (χ1) is 5.02. The molecule has 66 valence electrons. The van der Waals surface area contributed by atoms with Gasteiger partial charge in [0.15, 0.2) is 0 Å². The SMILES string of the molecule is CCC[C@]1(C)CCCC1(C)C. The minimum atomic E-state index is 0.600. The summed E-state index contributed by atoms with van der Waals surface area (Å²) >= 11 is 0. The maximum atomic E-state index is 2.48. The Morgan fingerprint density at radius 2 is 1.73 bits per heavy atom. The van der Waals surface area contributed by atoms with Crippen LogP contribution in [-0.4, -0.2) is 0 Å². The highest BCUT2D eigenvalue weighted by molar-refractivity contribution is 4.94. The molecule has 1 saturated carbocycles. The summed E-state index contributed by atoms with van der Waals surface area (Å²) in [6.45, 7) is 9.66. The molecule has 0 heterocycles. The average molecular weight is 154 g/mol. The van der Waals surface area contributed by atoms with Gasteiger partial charge in [0.2, 0.25) is 0 Å². The number of rotatable bonds is 2. The van der Waals surface area contributed by atoms with Gasteiger partial charge in [-0.2, -0.15) is 0 Å². The summed E-state index contributed by atoms with van der Waals surface area (Å²) < 4.78 is 0. The first-order valence-corrected chi connectivity index (χ1v) is 5.02. The molecule has 1 atom stereocenters. The van der Waals surface area contributed by atoms with Crippen LogP contribution in [0.15, 0.2) is 0 Å². The minimum absolute atomic E-state index is 0.600. The van der Waals surface area contributed by atoms with Crippen molar-refractivity contribution in [3.8, 4) is 0 Å². The second-order valence-electron chi connectivity index (χ2n) is 5.05. The molecule has 0 nitrogen and oxygen atoms in total. The zero-order valence-corrected chi connectivity index (χ0v) is 8.54. The van der Waals surface area contributed by atoms with E-state index in [1.54, 1.807) is 0 Å². The third kappa shape index (κ3) is 1.45. The van der Waals surface area contributed by atoms with Gasteiger partial charge in [0.1, 0.15) is 0 Å². The van der Waals surface area contributed by atoms with Gasteiger partial charge >= 0.3 is 0 Å². The molecule has 0 amide bonds. The van der Waals surface area contributed by atoms with Crippen molar-refractivity contribution >= 4 is 0 Å². The molecule has 1 aliphatic rings. The standard InChI is InChI=1S/C11H22/c1-5-7-11(4)9-6-8-10(11,2)3/h5-9H2,1-4H3/t11-/m1/s1. The summed E-state index contributed by atoms with van der Waals surface area (Å²) in [6.07, 6.45) is 7.10. The van der Waals surface area contributed by atoms with E-state index in [2.05, 4.69) is 27.7 Å². The fraction of sp³-hybridized carbons (Fsp3) is 1.00. The highest BCUT2D eigenvalue weighted by Crippen LogP contribution is 2.54. The molecule has 0 radical (unpaired) electrons. The normalized spacial score (nSPS) is 36.0. The Morgan fingerprint density at radius 3 is 2.09 bits per heavy atom. The van der Waals surface area contributed by atoms with Crippen LogP contribution in [-0.2, 0) is 0 Å². The zero-order chi connectivity index (χ0) is 8.54. The Kier molecular flexibility index (Phi) is 2.32. The molecular weight excluding hydrogens is 132 g/mol. The summed E-state index contributed by atoms with van der Waals surface area (Å²) in [5.74, 6) is 0. The summed E-state index contributed by atoms with van der Waals surface area (Å²) in [7, 11) is 0. The van der Waals surface area contributed by atoms with Crippen LogP contribution in [0.25, 0.3) is 0 Å². The van der Waals surface area contributed by atoms with E-state index in [0.29, 0.717) is 10.8 Å². The number of hydrogen-bond donors (Lipinski definition) is 0. The predicted molar refractivity (Wildman–Crippen MR) is 50.6 cm³/mol. The van der Waals surface area contributed by atoms with Crippen molar-refractivity contribution in [1.29, 1.82) is 0 Å². The van der Waals surface area contributed by atoms with Crippen LogP contribution in [0, 0.1) is 10.8 Å². The van der Waals surface area contributed by atoms with Crippen LogP contribution in [0.5, 0.6) is 0 Å². The van der Waals surface area contributed by atoms with Crippen LogP contribution in [0.4, 0.5) is 0 Å². The van der Waals surface area contributed by atoms with E-state index < -0.39 is 0 Å². The largest absolute Gasteiger partial charge is 0.0654 e. The Hall–Kier alpha value is 0. The molecule has 0 aromatic heterocycles. The van der Waals surface area contributed by atoms with Gasteiger partial charge in [0.05, 0.1) is 0 Å². The van der Waals surface area contributed by atoms with Gasteiger partial charge in [-0.25, -0.2) is 0 Å². The van der Waals surface area contributed by atoms with Gasteiger partial charge in [-0.05, 0) is 30.1 Å². The van der Waals surface area contributed by atoms with Crippen LogP contribution >= 0.6 is 0 Å². The van der Waals surface area contributed by atoms with Crippen molar-refractivity contribution in [2.24, 2.45) is 10.8 Å². The van der Waals surface area contributed by atoms with Crippen molar-refractivity contribution in [3.63, 3.8) is 0 Å². The van der Waals surface area contributed by atoms with E-state index in [4.69, 9.17) is 0 Å². The Morgan fingerprint density at radius 1 is 1.09 bits per heavy atom. The third-order valence-electron chi connectivity index (χ3n) is 3.97. The lowest BCUT2D eigenvalue weighted by molar-refractivity contribution is 0.118. The fourth-order valence-corrected chi connectivity index (χ4v) is 2.58. The van der Waals surface area contributed by atoms with E-state index in [1.165, 1.54) is 32.1 Å². The van der Waals surface area contributed by atoms with E-state index >= 15 is 0 Å². The van der Waals surface area contributed by atoms with E-state index in [1.807, 2.05) is 0 Å². The monoisotopic (exact) mass is 154 g/mol. The predicted octanol–water partition coefficient (Wildman–Crippen LogP) is 4.00. The first kappa shape index (κ1) is 9.09. The van der Waals surface area contributed by atoms with E-state index in [9.17, 15) is 0 Å². The summed E-state index contributed by atoms with van der Waals surface area (Å²) in [5.41, 5.74) is 1.24. The maximum Gasteiger partial charge on any atom is -0.0275 e. The molecule has 0 unspecified atom stereocenters. The van der Waals surface area contributed by atoms with Gasteiger partial charge in [0.25, 0.3) is 0 Å². The van der Waals surface area contributed by atoms with Crippen molar-refractivity contribution in [2.75, 3.05) is 0 Å². The molecule has 0 heteroatoms. The maximum absolute atomic E-state index is 2.48. The Bertz CT molecular complexity index is 135. The lowest BCUT2D eigenvalue weighted by Crippen LogP contribution is -2.29. The van der Waals surface area contributed by atoms with Gasteiger partial charge in [-0.15, -0.1) is 0 Å². The molecule has 0 bridgehead atoms. The Labute approximate surface area is 71.4 Å². The lowest BCUT2D eigenvalue weighted by atomic mass is 9.67. The van der Waals surface area contributed by atoms with Crippen molar-refractivity contribution in [3.05, 3.63) is 0 Å². The quantitative estimate of drug-likeness (QED) is 0.564. The molecule has 0 N–H and O–H groups in total. The molecule has 0 aromatic rings. The topological polar surface area (TPSA) is 0 Å². The van der Waals surface area contributed by atoms with Crippen LogP contribution in [0.2, 0.25) is 0 Å². The molecule has 1 aliphatic carbocycles. The van der Waals surface area contributed by atoms with Crippen LogP contribution in [0.1, 0.15) is 59.8 Å². The first-order valence-electron chi connectivity index (χ1n) is 5.02. The van der Waals surface area contributed by atoms with Crippen molar-refractivity contribution in [1.82, 2.24) is 0 Å². The molecule has 1 rings (SSSR count). The van der Waals surface area contributed by atoms with Crippen molar-refractivity contribution in [2.45, 2.75) is 59.8 Å². The van der Waals surface area contributed by atoms with Gasteiger partial charge in [-0.1, -0.05) is 40.5 Å². The van der Waals surface area contributed by atoms with Crippen LogP contribution in [0.3, 0.4) is 0 Å². The lowest BCUT2D eigenvalue weighted by Gasteiger charge is -2.38. The highest BCUT2D eigenvalue weighted by atomic mass is 14.5. The molecule has 1 fully saturated rings. The van der Waals surface area contributed by atoms with Crippen LogP contribution < -0.4 is 0 Å². The van der Waals surface area contributed by atoms with Gasteiger partial charge < -0.3 is 0 Å². The zero-order valence-electron chi connectivity index (χ0n) is 8.54.